The van der Waals surface area contributed by atoms with Crippen LogP contribution in [0.15, 0.2) is 24.4 Å². The second-order valence-electron chi connectivity index (χ2n) is 9.76. The number of aromatic nitrogens is 3. The SMILES string of the molecule is CCc1cnc(N)c2c(C#Cc3cc(OC)cc(OC)c3)nn([C@H]3CCN(C(=O)OC(C)(C)C)C3)c12. The summed E-state index contributed by atoms with van der Waals surface area (Å²) in [7, 11) is 3.20. The Morgan fingerprint density at radius 3 is 2.47 bits per heavy atom. The molecule has 0 saturated carbocycles. The van der Waals surface area contributed by atoms with Crippen molar-refractivity contribution in [3.8, 4) is 23.3 Å². The Bertz CT molecular complexity index is 1320. The molecule has 1 amide bonds. The average Bonchev–Trinajstić information content (AvgIpc) is 3.48. The summed E-state index contributed by atoms with van der Waals surface area (Å²) in [5.41, 5.74) is 9.00. The molecule has 3 aromatic rings. The molecule has 1 aliphatic rings. The molecule has 3 heterocycles. The number of ether oxygens (including phenoxy) is 3. The number of nitrogen functional groups attached to an aromatic ring is 1. The van der Waals surface area contributed by atoms with Gasteiger partial charge in [0, 0.05) is 30.9 Å². The van der Waals surface area contributed by atoms with Gasteiger partial charge in [0.25, 0.3) is 0 Å². The van der Waals surface area contributed by atoms with Crippen LogP contribution in [0.25, 0.3) is 10.9 Å². The molecule has 36 heavy (non-hydrogen) atoms. The maximum atomic E-state index is 12.6. The number of amides is 1. The van der Waals surface area contributed by atoms with Gasteiger partial charge in [0.2, 0.25) is 0 Å². The largest absolute Gasteiger partial charge is 0.497 e. The molecule has 190 valence electrons. The number of hydrogen-bond donors (Lipinski definition) is 1. The van der Waals surface area contributed by atoms with Crippen molar-refractivity contribution in [3.63, 3.8) is 0 Å². The number of nitrogens with zero attached hydrogens (tertiary/aromatic N) is 4. The molecule has 4 rings (SSSR count). The first-order chi connectivity index (χ1) is 17.1. The van der Waals surface area contributed by atoms with E-state index in [1.807, 2.05) is 37.6 Å². The maximum Gasteiger partial charge on any atom is 0.410 e. The summed E-state index contributed by atoms with van der Waals surface area (Å²) in [6.45, 7) is 8.76. The number of hydrogen-bond acceptors (Lipinski definition) is 7. The van der Waals surface area contributed by atoms with Gasteiger partial charge in [-0.25, -0.2) is 9.78 Å². The molecule has 1 fully saturated rings. The van der Waals surface area contributed by atoms with Gasteiger partial charge in [0.1, 0.15) is 28.6 Å². The van der Waals surface area contributed by atoms with E-state index >= 15 is 0 Å². The van der Waals surface area contributed by atoms with Crippen molar-refractivity contribution in [2.75, 3.05) is 33.0 Å². The third kappa shape index (κ3) is 5.18. The van der Waals surface area contributed by atoms with Gasteiger partial charge < -0.3 is 24.8 Å². The van der Waals surface area contributed by atoms with E-state index in [0.29, 0.717) is 36.1 Å². The van der Waals surface area contributed by atoms with Gasteiger partial charge in [0.05, 0.1) is 31.2 Å². The number of aryl methyl sites for hydroxylation is 1. The van der Waals surface area contributed by atoms with Crippen LogP contribution in [0.4, 0.5) is 10.6 Å². The molecule has 0 radical (unpaired) electrons. The third-order valence-electron chi connectivity index (χ3n) is 6.05. The second-order valence-corrected chi connectivity index (χ2v) is 9.76. The highest BCUT2D eigenvalue weighted by Gasteiger charge is 2.33. The lowest BCUT2D eigenvalue weighted by Gasteiger charge is -2.24. The van der Waals surface area contributed by atoms with Crippen molar-refractivity contribution in [1.29, 1.82) is 0 Å². The molecular formula is C27H33N5O4. The average molecular weight is 492 g/mol. The van der Waals surface area contributed by atoms with E-state index in [1.54, 1.807) is 31.4 Å². The summed E-state index contributed by atoms with van der Waals surface area (Å²) in [5, 5.41) is 5.62. The lowest BCUT2D eigenvalue weighted by atomic mass is 10.1. The minimum absolute atomic E-state index is 0.0282. The molecule has 0 bridgehead atoms. The predicted octanol–water partition coefficient (Wildman–Crippen LogP) is 4.17. The van der Waals surface area contributed by atoms with Crippen LogP contribution < -0.4 is 15.2 Å². The lowest BCUT2D eigenvalue weighted by molar-refractivity contribution is 0.0288. The van der Waals surface area contributed by atoms with Crippen LogP contribution in [0.2, 0.25) is 0 Å². The first kappa shape index (κ1) is 25.2. The topological polar surface area (TPSA) is 105 Å². The smallest absolute Gasteiger partial charge is 0.410 e. The van der Waals surface area contributed by atoms with Crippen LogP contribution in [0, 0.1) is 11.8 Å². The van der Waals surface area contributed by atoms with Crippen LogP contribution in [0.3, 0.4) is 0 Å². The van der Waals surface area contributed by atoms with E-state index in [4.69, 9.17) is 25.0 Å². The summed E-state index contributed by atoms with van der Waals surface area (Å²) in [5.74, 6) is 8.04. The van der Waals surface area contributed by atoms with Gasteiger partial charge in [-0.2, -0.15) is 5.10 Å². The van der Waals surface area contributed by atoms with Crippen molar-refractivity contribution in [2.24, 2.45) is 0 Å². The van der Waals surface area contributed by atoms with Crippen molar-refractivity contribution < 1.29 is 19.0 Å². The summed E-state index contributed by atoms with van der Waals surface area (Å²) in [6, 6.07) is 5.44. The molecular weight excluding hydrogens is 458 g/mol. The highest BCUT2D eigenvalue weighted by molar-refractivity contribution is 5.95. The third-order valence-corrected chi connectivity index (χ3v) is 6.05. The van der Waals surface area contributed by atoms with Crippen molar-refractivity contribution in [2.45, 2.75) is 52.2 Å². The van der Waals surface area contributed by atoms with Crippen LogP contribution in [0.5, 0.6) is 11.5 Å². The summed E-state index contributed by atoms with van der Waals surface area (Å²) in [6.07, 6.45) is 2.99. The van der Waals surface area contributed by atoms with Crippen LogP contribution in [-0.4, -0.2) is 58.7 Å². The Kier molecular flexibility index (Phi) is 6.97. The molecule has 1 atom stereocenters. The first-order valence-corrected chi connectivity index (χ1v) is 12.0. The zero-order valence-corrected chi connectivity index (χ0v) is 21.7. The number of pyridine rings is 1. The van der Waals surface area contributed by atoms with Crippen molar-refractivity contribution >= 4 is 22.8 Å². The normalized spacial score (nSPS) is 15.5. The van der Waals surface area contributed by atoms with E-state index in [1.165, 1.54) is 0 Å². The van der Waals surface area contributed by atoms with E-state index in [9.17, 15) is 4.79 Å². The first-order valence-electron chi connectivity index (χ1n) is 12.0. The van der Waals surface area contributed by atoms with Gasteiger partial charge in [-0.15, -0.1) is 0 Å². The van der Waals surface area contributed by atoms with Crippen molar-refractivity contribution in [3.05, 3.63) is 41.2 Å². The fraction of sp³-hybridized carbons (Fsp3) is 0.444. The molecule has 2 aromatic heterocycles. The minimum Gasteiger partial charge on any atom is -0.497 e. The number of likely N-dealkylation sites (tertiary alicyclic amines) is 1. The number of methoxy groups -OCH3 is 2. The maximum absolute atomic E-state index is 12.6. The Hall–Kier alpha value is -3.93. The number of nitrogens with two attached hydrogens (primary N) is 1. The fourth-order valence-electron chi connectivity index (χ4n) is 4.31. The van der Waals surface area contributed by atoms with E-state index in [0.717, 1.165) is 34.9 Å². The Morgan fingerprint density at radius 1 is 1.17 bits per heavy atom. The molecule has 0 aliphatic carbocycles. The standard InChI is InChI=1S/C27H33N5O4/c1-7-18-15-29-25(28)23-22(9-8-17-12-20(34-5)14-21(13-17)35-6)30-32(24(18)23)19-10-11-31(16-19)26(33)36-27(2,3)4/h12-15,19H,7,10-11,16H2,1-6H3,(H2,28,29)/t19-/m0/s1. The quantitative estimate of drug-likeness (QED) is 0.546. The Morgan fingerprint density at radius 2 is 1.86 bits per heavy atom. The van der Waals surface area contributed by atoms with Gasteiger partial charge in [-0.05, 0) is 57.2 Å². The second kappa shape index (κ2) is 9.97. The molecule has 9 nitrogen and oxygen atoms in total. The van der Waals surface area contributed by atoms with Gasteiger partial charge in [-0.3, -0.25) is 4.68 Å². The highest BCUT2D eigenvalue weighted by atomic mass is 16.6. The van der Waals surface area contributed by atoms with E-state index in [2.05, 4.69) is 23.7 Å². The molecule has 1 aromatic carbocycles. The zero-order chi connectivity index (χ0) is 26.0. The Labute approximate surface area is 211 Å². The molecule has 9 heteroatoms. The van der Waals surface area contributed by atoms with Gasteiger partial charge >= 0.3 is 6.09 Å². The minimum atomic E-state index is -0.547. The number of anilines is 1. The fourth-order valence-corrected chi connectivity index (χ4v) is 4.31. The number of fused-ring (bicyclic) bond motifs is 1. The Balaban J connectivity index is 1.75. The molecule has 1 saturated heterocycles. The van der Waals surface area contributed by atoms with Crippen LogP contribution >= 0.6 is 0 Å². The summed E-state index contributed by atoms with van der Waals surface area (Å²) < 4.78 is 18.3. The van der Waals surface area contributed by atoms with Crippen LogP contribution in [0.1, 0.15) is 57.0 Å². The van der Waals surface area contributed by atoms with E-state index < -0.39 is 5.60 Å². The number of carbonyl (C=O) groups excluding carboxylic acids is 1. The van der Waals surface area contributed by atoms with E-state index in [-0.39, 0.29) is 12.1 Å². The molecule has 2 N–H and O–H groups in total. The summed E-state index contributed by atoms with van der Waals surface area (Å²) in [4.78, 5) is 18.8. The number of carbonyl (C=O) groups is 1. The molecule has 1 aliphatic heterocycles. The lowest BCUT2D eigenvalue weighted by Crippen LogP contribution is -2.35. The monoisotopic (exact) mass is 491 g/mol. The van der Waals surface area contributed by atoms with Gasteiger partial charge in [0.15, 0.2) is 0 Å². The number of rotatable bonds is 4. The number of benzene rings is 1. The highest BCUT2D eigenvalue weighted by Crippen LogP contribution is 2.32. The van der Waals surface area contributed by atoms with Gasteiger partial charge in [-0.1, -0.05) is 12.8 Å². The summed E-state index contributed by atoms with van der Waals surface area (Å²) >= 11 is 0. The molecule has 0 spiro atoms. The van der Waals surface area contributed by atoms with Crippen molar-refractivity contribution in [1.82, 2.24) is 19.7 Å². The zero-order valence-electron chi connectivity index (χ0n) is 21.7. The predicted molar refractivity (Wildman–Crippen MR) is 138 cm³/mol. The van der Waals surface area contributed by atoms with Crippen LogP contribution in [-0.2, 0) is 11.2 Å². The molecule has 0 unspecified atom stereocenters.